The molecule has 0 saturated heterocycles. The first kappa shape index (κ1) is 15.0. The van der Waals surface area contributed by atoms with E-state index in [2.05, 4.69) is 20.1 Å². The molecule has 6 nitrogen and oxygen atoms in total. The second-order valence-electron chi connectivity index (χ2n) is 5.43. The van der Waals surface area contributed by atoms with Crippen molar-refractivity contribution in [3.8, 4) is 0 Å². The van der Waals surface area contributed by atoms with E-state index in [1.54, 1.807) is 0 Å². The van der Waals surface area contributed by atoms with Crippen molar-refractivity contribution in [2.24, 2.45) is 5.73 Å². The minimum atomic E-state index is -0.374. The summed E-state index contributed by atoms with van der Waals surface area (Å²) in [5, 5.41) is 11.4. The number of amides is 1. The van der Waals surface area contributed by atoms with Gasteiger partial charge in [-0.05, 0) is 25.7 Å². The zero-order valence-electron chi connectivity index (χ0n) is 12.3. The lowest BCUT2D eigenvalue weighted by atomic mass is 10.1. The number of hydrogen-bond donors (Lipinski definition) is 2. The molecule has 0 fully saturated rings. The molecule has 6 heteroatoms. The van der Waals surface area contributed by atoms with Crippen LogP contribution in [0.25, 0.3) is 0 Å². The van der Waals surface area contributed by atoms with E-state index in [4.69, 9.17) is 5.73 Å². The average molecular weight is 279 g/mol. The minimum Gasteiger partial charge on any atom is -0.355 e. The van der Waals surface area contributed by atoms with Crippen LogP contribution in [-0.2, 0) is 24.2 Å². The van der Waals surface area contributed by atoms with Crippen LogP contribution in [0, 0.1) is 0 Å². The van der Waals surface area contributed by atoms with E-state index < -0.39 is 0 Å². The zero-order chi connectivity index (χ0) is 14.4. The number of aromatic nitrogens is 3. The third-order valence-electron chi connectivity index (χ3n) is 3.75. The molecule has 0 saturated carbocycles. The van der Waals surface area contributed by atoms with Crippen molar-refractivity contribution in [1.82, 2.24) is 20.1 Å². The maximum atomic E-state index is 11.7. The Morgan fingerprint density at radius 2 is 2.30 bits per heavy atom. The molecular formula is C14H25N5O. The normalized spacial score (nSPS) is 15.7. The van der Waals surface area contributed by atoms with E-state index in [0.717, 1.165) is 50.3 Å². The van der Waals surface area contributed by atoms with Crippen LogP contribution < -0.4 is 11.1 Å². The molecule has 1 aromatic rings. The van der Waals surface area contributed by atoms with Gasteiger partial charge in [0.25, 0.3) is 0 Å². The van der Waals surface area contributed by atoms with E-state index >= 15 is 0 Å². The van der Waals surface area contributed by atoms with Gasteiger partial charge in [0, 0.05) is 25.9 Å². The molecule has 20 heavy (non-hydrogen) atoms. The van der Waals surface area contributed by atoms with E-state index in [1.807, 2.05) is 6.92 Å². The van der Waals surface area contributed by atoms with Crippen molar-refractivity contribution >= 4 is 5.91 Å². The van der Waals surface area contributed by atoms with Crippen LogP contribution in [0.3, 0.4) is 0 Å². The lowest BCUT2D eigenvalue weighted by Gasteiger charge is -2.15. The number of fused-ring (bicyclic) bond motifs is 1. The predicted molar refractivity (Wildman–Crippen MR) is 77.2 cm³/mol. The summed E-state index contributed by atoms with van der Waals surface area (Å²) in [6.07, 6.45) is 6.86. The van der Waals surface area contributed by atoms with E-state index in [9.17, 15) is 4.79 Å². The van der Waals surface area contributed by atoms with Gasteiger partial charge in [-0.2, -0.15) is 0 Å². The van der Waals surface area contributed by atoms with Crippen LogP contribution in [0.5, 0.6) is 0 Å². The SMILES string of the molecule is CCCC(N)C(=O)NCCCc1nnc2n1CCCC2. The maximum Gasteiger partial charge on any atom is 0.236 e. The van der Waals surface area contributed by atoms with Gasteiger partial charge in [0.05, 0.1) is 6.04 Å². The van der Waals surface area contributed by atoms with Gasteiger partial charge in [-0.3, -0.25) is 4.79 Å². The van der Waals surface area contributed by atoms with Crippen molar-refractivity contribution in [3.05, 3.63) is 11.6 Å². The molecule has 0 radical (unpaired) electrons. The Morgan fingerprint density at radius 3 is 3.10 bits per heavy atom. The fourth-order valence-electron chi connectivity index (χ4n) is 2.58. The smallest absolute Gasteiger partial charge is 0.236 e. The number of rotatable bonds is 7. The first-order valence-electron chi connectivity index (χ1n) is 7.66. The number of carbonyl (C=O) groups is 1. The Hall–Kier alpha value is -1.43. The molecule has 2 heterocycles. The maximum absolute atomic E-state index is 11.7. The molecule has 0 aliphatic carbocycles. The Balaban J connectivity index is 1.71. The van der Waals surface area contributed by atoms with Gasteiger partial charge in [-0.25, -0.2) is 0 Å². The lowest BCUT2D eigenvalue weighted by Crippen LogP contribution is -2.40. The summed E-state index contributed by atoms with van der Waals surface area (Å²) >= 11 is 0. The highest BCUT2D eigenvalue weighted by Crippen LogP contribution is 2.14. The van der Waals surface area contributed by atoms with Crippen LogP contribution in [0.1, 0.15) is 50.7 Å². The molecule has 0 bridgehead atoms. The highest BCUT2D eigenvalue weighted by atomic mass is 16.2. The van der Waals surface area contributed by atoms with Crippen molar-refractivity contribution in [2.75, 3.05) is 6.54 Å². The summed E-state index contributed by atoms with van der Waals surface area (Å²) in [4.78, 5) is 11.7. The Bertz CT molecular complexity index is 443. The topological polar surface area (TPSA) is 85.8 Å². The molecular weight excluding hydrogens is 254 g/mol. The first-order chi connectivity index (χ1) is 9.72. The van der Waals surface area contributed by atoms with Crippen LogP contribution in [0.15, 0.2) is 0 Å². The van der Waals surface area contributed by atoms with Crippen molar-refractivity contribution < 1.29 is 4.79 Å². The van der Waals surface area contributed by atoms with E-state index in [-0.39, 0.29) is 11.9 Å². The van der Waals surface area contributed by atoms with Gasteiger partial charge in [-0.15, -0.1) is 10.2 Å². The van der Waals surface area contributed by atoms with Gasteiger partial charge >= 0.3 is 0 Å². The van der Waals surface area contributed by atoms with Crippen LogP contribution in [-0.4, -0.2) is 33.3 Å². The van der Waals surface area contributed by atoms with Crippen molar-refractivity contribution in [2.45, 2.75) is 64.5 Å². The summed E-state index contributed by atoms with van der Waals surface area (Å²) in [7, 11) is 0. The van der Waals surface area contributed by atoms with Crippen LogP contribution in [0.4, 0.5) is 0 Å². The van der Waals surface area contributed by atoms with Crippen molar-refractivity contribution in [1.29, 1.82) is 0 Å². The Labute approximate surface area is 120 Å². The Morgan fingerprint density at radius 1 is 1.45 bits per heavy atom. The first-order valence-corrected chi connectivity index (χ1v) is 7.66. The summed E-state index contributed by atoms with van der Waals surface area (Å²) in [5.74, 6) is 2.11. The summed E-state index contributed by atoms with van der Waals surface area (Å²) < 4.78 is 2.23. The molecule has 0 spiro atoms. The molecule has 1 unspecified atom stereocenters. The highest BCUT2D eigenvalue weighted by Gasteiger charge is 2.15. The molecule has 3 N–H and O–H groups in total. The molecule has 0 aromatic carbocycles. The summed E-state index contributed by atoms with van der Waals surface area (Å²) in [6, 6.07) is -0.374. The lowest BCUT2D eigenvalue weighted by molar-refractivity contribution is -0.122. The number of nitrogens with zero attached hydrogens (tertiary/aromatic N) is 3. The van der Waals surface area contributed by atoms with Gasteiger partial charge in [0.2, 0.25) is 5.91 Å². The molecule has 1 aliphatic heterocycles. The number of nitrogens with one attached hydrogen (secondary N) is 1. The third kappa shape index (κ3) is 3.79. The van der Waals surface area contributed by atoms with Gasteiger partial charge in [0.15, 0.2) is 0 Å². The Kier molecular flexibility index (Phi) is 5.52. The van der Waals surface area contributed by atoms with Gasteiger partial charge < -0.3 is 15.6 Å². The fourth-order valence-corrected chi connectivity index (χ4v) is 2.58. The fraction of sp³-hybridized carbons (Fsp3) is 0.786. The molecule has 1 aromatic heterocycles. The molecule has 1 atom stereocenters. The third-order valence-corrected chi connectivity index (χ3v) is 3.75. The number of carbonyl (C=O) groups excluding carboxylic acids is 1. The summed E-state index contributed by atoms with van der Waals surface area (Å²) in [6.45, 7) is 3.71. The van der Waals surface area contributed by atoms with E-state index in [0.29, 0.717) is 6.54 Å². The second kappa shape index (κ2) is 7.38. The quantitative estimate of drug-likeness (QED) is 0.723. The second-order valence-corrected chi connectivity index (χ2v) is 5.43. The number of aryl methyl sites for hydroxylation is 2. The standard InChI is InChI=1S/C14H25N5O/c1-2-6-11(15)14(20)16-9-5-8-13-18-17-12-7-3-4-10-19(12)13/h11H,2-10,15H2,1H3,(H,16,20). The van der Waals surface area contributed by atoms with Gasteiger partial charge in [-0.1, -0.05) is 13.3 Å². The molecule has 1 amide bonds. The average Bonchev–Trinajstić information content (AvgIpc) is 2.87. The van der Waals surface area contributed by atoms with Crippen LogP contribution >= 0.6 is 0 Å². The minimum absolute atomic E-state index is 0.0462. The largest absolute Gasteiger partial charge is 0.355 e. The van der Waals surface area contributed by atoms with Crippen LogP contribution in [0.2, 0.25) is 0 Å². The highest BCUT2D eigenvalue weighted by molar-refractivity contribution is 5.81. The molecule has 112 valence electrons. The predicted octanol–water partition coefficient (Wildman–Crippen LogP) is 0.791. The molecule has 1 aliphatic rings. The van der Waals surface area contributed by atoms with E-state index in [1.165, 1.54) is 12.8 Å². The molecule has 2 rings (SSSR count). The van der Waals surface area contributed by atoms with Crippen molar-refractivity contribution in [3.63, 3.8) is 0 Å². The number of hydrogen-bond acceptors (Lipinski definition) is 4. The zero-order valence-corrected chi connectivity index (χ0v) is 12.3. The summed E-state index contributed by atoms with van der Waals surface area (Å²) in [5.41, 5.74) is 5.76. The monoisotopic (exact) mass is 279 g/mol. The number of nitrogens with two attached hydrogens (primary N) is 1. The van der Waals surface area contributed by atoms with Gasteiger partial charge in [0.1, 0.15) is 11.6 Å².